The van der Waals surface area contributed by atoms with Crippen LogP contribution in [0.15, 0.2) is 53.3 Å². The average Bonchev–Trinajstić information content (AvgIpc) is 2.79. The van der Waals surface area contributed by atoms with Crippen LogP contribution < -0.4 is 10.9 Å². The van der Waals surface area contributed by atoms with Crippen LogP contribution in [0.5, 0.6) is 0 Å². The Balaban J connectivity index is 1.91. The number of anilines is 1. The van der Waals surface area contributed by atoms with Crippen molar-refractivity contribution >= 4 is 11.9 Å². The van der Waals surface area contributed by atoms with E-state index >= 15 is 0 Å². The van der Waals surface area contributed by atoms with Gasteiger partial charge >= 0.3 is 5.97 Å². The molecule has 0 aliphatic rings. The minimum atomic E-state index is -0.385. The van der Waals surface area contributed by atoms with E-state index in [1.807, 2.05) is 36.4 Å². The fourth-order valence-corrected chi connectivity index (χ4v) is 3.42. The molecule has 0 aliphatic carbocycles. The maximum Gasteiger partial charge on any atom is 0.338 e. The Kier molecular flexibility index (Phi) is 7.17. The minimum absolute atomic E-state index is 0.164. The highest BCUT2D eigenvalue weighted by atomic mass is 16.5. The Morgan fingerprint density at radius 3 is 2.61 bits per heavy atom. The number of aryl methyl sites for hydroxylation is 1. The normalized spacial score (nSPS) is 10.4. The van der Waals surface area contributed by atoms with Crippen molar-refractivity contribution in [2.24, 2.45) is 0 Å². The zero-order valence-corrected chi connectivity index (χ0v) is 17.6. The summed E-state index contributed by atoms with van der Waals surface area (Å²) in [7, 11) is 1.36. The first-order valence-corrected chi connectivity index (χ1v) is 10.1. The highest BCUT2D eigenvalue weighted by Gasteiger charge is 2.14. The molecule has 0 aliphatic heterocycles. The maximum atomic E-state index is 12.6. The zero-order chi connectivity index (χ0) is 22.2. The smallest absolute Gasteiger partial charge is 0.338 e. The molecule has 158 valence electrons. The Morgan fingerprint density at radius 1 is 1.19 bits per heavy atom. The molecule has 0 unspecified atom stereocenters. The highest BCUT2D eigenvalue weighted by molar-refractivity contribution is 5.97. The molecule has 0 saturated carbocycles. The van der Waals surface area contributed by atoms with Crippen LogP contribution in [0.25, 0.3) is 11.1 Å². The lowest BCUT2D eigenvalue weighted by Gasteiger charge is -2.11. The number of aromatic nitrogens is 2. The summed E-state index contributed by atoms with van der Waals surface area (Å²) < 4.78 is 4.88. The van der Waals surface area contributed by atoms with E-state index in [1.165, 1.54) is 7.11 Å². The first-order valence-electron chi connectivity index (χ1n) is 10.1. The van der Waals surface area contributed by atoms with Crippen molar-refractivity contribution in [3.63, 3.8) is 0 Å². The molecule has 0 amide bonds. The molecule has 0 atom stereocenters. The molecule has 0 saturated heterocycles. The second kappa shape index (κ2) is 10.2. The fraction of sp³-hybridized carbons (Fsp3) is 0.250. The molecular weight excluding hydrogens is 392 g/mol. The quantitative estimate of drug-likeness (QED) is 0.326. The van der Waals surface area contributed by atoms with Crippen LogP contribution in [0.3, 0.4) is 0 Å². The summed E-state index contributed by atoms with van der Waals surface area (Å²) in [5, 5.41) is 11.2. The molecule has 3 aromatic rings. The number of rotatable bonds is 8. The van der Waals surface area contributed by atoms with Gasteiger partial charge in [0.05, 0.1) is 18.4 Å². The van der Waals surface area contributed by atoms with Gasteiger partial charge in [-0.25, -0.2) is 9.78 Å². The number of carbonyl (C=O) groups is 1. The summed E-state index contributed by atoms with van der Waals surface area (Å²) in [6.45, 7) is 2.08. The predicted molar refractivity (Wildman–Crippen MR) is 119 cm³/mol. The number of nitrogens with one attached hydrogen (secondary N) is 2. The Labute approximate surface area is 180 Å². The van der Waals surface area contributed by atoms with Crippen molar-refractivity contribution in [1.29, 1.82) is 5.26 Å². The van der Waals surface area contributed by atoms with Crippen LogP contribution in [0, 0.1) is 11.5 Å². The second-order valence-electron chi connectivity index (χ2n) is 7.09. The molecule has 1 heterocycles. The molecule has 2 N–H and O–H groups in total. The molecule has 2 aromatic carbocycles. The summed E-state index contributed by atoms with van der Waals surface area (Å²) in [5.41, 5.74) is 4.17. The fourth-order valence-electron chi connectivity index (χ4n) is 3.42. The molecular formula is C24H24N4O3. The number of aromatic amines is 1. The van der Waals surface area contributed by atoms with E-state index in [-0.39, 0.29) is 17.5 Å². The van der Waals surface area contributed by atoms with Crippen LogP contribution in [-0.2, 0) is 17.6 Å². The van der Waals surface area contributed by atoms with Crippen molar-refractivity contribution < 1.29 is 9.53 Å². The van der Waals surface area contributed by atoms with Gasteiger partial charge in [0, 0.05) is 12.0 Å². The van der Waals surface area contributed by atoms with Gasteiger partial charge in [0.25, 0.3) is 5.56 Å². The van der Waals surface area contributed by atoms with Crippen molar-refractivity contribution in [1.82, 2.24) is 9.97 Å². The zero-order valence-electron chi connectivity index (χ0n) is 17.6. The molecule has 0 spiro atoms. The summed E-state index contributed by atoms with van der Waals surface area (Å²) in [5.74, 6) is -0.221. The SMILES string of the molecule is CCCCc1nc(NC#N)[nH]c(=O)c1Cc1ccc(-c2ccccc2C(=O)OC)cc1. The van der Waals surface area contributed by atoms with Gasteiger partial charge in [-0.1, -0.05) is 55.8 Å². The van der Waals surface area contributed by atoms with Gasteiger partial charge in [-0.3, -0.25) is 15.1 Å². The minimum Gasteiger partial charge on any atom is -0.465 e. The van der Waals surface area contributed by atoms with Gasteiger partial charge in [0.2, 0.25) is 5.95 Å². The summed E-state index contributed by atoms with van der Waals surface area (Å²) in [4.78, 5) is 31.8. The van der Waals surface area contributed by atoms with Crippen molar-refractivity contribution in [3.05, 3.63) is 81.3 Å². The monoisotopic (exact) mass is 416 g/mol. The van der Waals surface area contributed by atoms with Gasteiger partial charge in [0.1, 0.15) is 0 Å². The summed E-state index contributed by atoms with van der Waals surface area (Å²) in [6, 6.07) is 15.0. The molecule has 1 aromatic heterocycles. The number of ether oxygens (including phenoxy) is 1. The van der Waals surface area contributed by atoms with E-state index in [0.717, 1.165) is 29.5 Å². The number of carbonyl (C=O) groups excluding carboxylic acids is 1. The third-order valence-corrected chi connectivity index (χ3v) is 5.02. The first kappa shape index (κ1) is 21.8. The third-order valence-electron chi connectivity index (χ3n) is 5.02. The van der Waals surface area contributed by atoms with Crippen LogP contribution in [0.2, 0.25) is 0 Å². The van der Waals surface area contributed by atoms with Crippen LogP contribution in [0.1, 0.15) is 46.9 Å². The van der Waals surface area contributed by atoms with Gasteiger partial charge < -0.3 is 4.74 Å². The second-order valence-corrected chi connectivity index (χ2v) is 7.09. The third kappa shape index (κ3) is 5.17. The predicted octanol–water partition coefficient (Wildman–Crippen LogP) is 4.05. The van der Waals surface area contributed by atoms with Crippen molar-refractivity contribution in [3.8, 4) is 17.3 Å². The van der Waals surface area contributed by atoms with Gasteiger partial charge in [-0.15, -0.1) is 0 Å². The standard InChI is InChI=1S/C24H24N4O3/c1-3-4-9-21-20(22(29)28-24(27-21)26-15-25)14-16-10-12-17(13-11-16)18-7-5-6-8-19(18)23(30)31-2/h5-8,10-13H,3-4,9,14H2,1-2H3,(H2,26,27,28,29). The average molecular weight is 416 g/mol. The molecule has 3 rings (SSSR count). The molecule has 0 bridgehead atoms. The maximum absolute atomic E-state index is 12.6. The Morgan fingerprint density at radius 2 is 1.94 bits per heavy atom. The number of nitrogens with zero attached hydrogens (tertiary/aromatic N) is 2. The number of hydrogen-bond donors (Lipinski definition) is 2. The Bertz CT molecular complexity index is 1160. The lowest BCUT2D eigenvalue weighted by molar-refractivity contribution is 0.0601. The number of nitriles is 1. The molecule has 31 heavy (non-hydrogen) atoms. The van der Waals surface area contributed by atoms with Crippen LogP contribution >= 0.6 is 0 Å². The molecule has 0 fully saturated rings. The lowest BCUT2D eigenvalue weighted by Crippen LogP contribution is -2.20. The topological polar surface area (TPSA) is 108 Å². The molecule has 7 nitrogen and oxygen atoms in total. The molecule has 0 radical (unpaired) electrons. The van der Waals surface area contributed by atoms with E-state index < -0.39 is 0 Å². The number of H-pyrrole nitrogens is 1. The van der Waals surface area contributed by atoms with E-state index in [1.54, 1.807) is 18.3 Å². The van der Waals surface area contributed by atoms with Crippen LogP contribution in [0.4, 0.5) is 5.95 Å². The van der Waals surface area contributed by atoms with Gasteiger partial charge in [-0.05, 0) is 35.6 Å². The van der Waals surface area contributed by atoms with Gasteiger partial charge in [-0.2, -0.15) is 5.26 Å². The van der Waals surface area contributed by atoms with E-state index in [9.17, 15) is 9.59 Å². The van der Waals surface area contributed by atoms with Gasteiger partial charge in [0.15, 0.2) is 6.19 Å². The Hall–Kier alpha value is -3.92. The number of hydrogen-bond acceptors (Lipinski definition) is 6. The lowest BCUT2D eigenvalue weighted by atomic mass is 9.96. The first-order chi connectivity index (χ1) is 15.1. The van der Waals surface area contributed by atoms with Crippen molar-refractivity contribution in [2.45, 2.75) is 32.6 Å². The number of methoxy groups -OCH3 is 1. The summed E-state index contributed by atoms with van der Waals surface area (Å²) in [6.07, 6.45) is 4.75. The van der Waals surface area contributed by atoms with Crippen LogP contribution in [-0.4, -0.2) is 23.0 Å². The number of benzene rings is 2. The highest BCUT2D eigenvalue weighted by Crippen LogP contribution is 2.25. The van der Waals surface area contributed by atoms with E-state index in [4.69, 9.17) is 10.00 Å². The van der Waals surface area contributed by atoms with E-state index in [0.29, 0.717) is 29.7 Å². The summed E-state index contributed by atoms with van der Waals surface area (Å²) >= 11 is 0. The van der Waals surface area contributed by atoms with Crippen molar-refractivity contribution in [2.75, 3.05) is 12.4 Å². The molecule has 7 heteroatoms. The van der Waals surface area contributed by atoms with E-state index in [2.05, 4.69) is 22.2 Å². The number of esters is 1. The largest absolute Gasteiger partial charge is 0.465 e. The number of unbranched alkanes of at least 4 members (excludes halogenated alkanes) is 1.